The van der Waals surface area contributed by atoms with Crippen LogP contribution in [0.1, 0.15) is 29.9 Å². The molecule has 6 heteroatoms. The average molecular weight is 380 g/mol. The minimum absolute atomic E-state index is 0.0394. The van der Waals surface area contributed by atoms with E-state index in [0.717, 1.165) is 16.6 Å². The molecule has 28 heavy (non-hydrogen) atoms. The zero-order valence-corrected chi connectivity index (χ0v) is 16.1. The van der Waals surface area contributed by atoms with Crippen LogP contribution in [-0.2, 0) is 27.4 Å². The number of hydrogen-bond acceptors (Lipinski definition) is 5. The Kier molecular flexibility index (Phi) is 6.32. The molecule has 0 amide bonds. The van der Waals surface area contributed by atoms with Crippen LogP contribution in [0.15, 0.2) is 54.6 Å². The minimum Gasteiger partial charge on any atom is -0.465 e. The molecule has 0 atom stereocenters. The molecule has 0 aliphatic carbocycles. The quantitative estimate of drug-likeness (QED) is 0.598. The highest BCUT2D eigenvalue weighted by Crippen LogP contribution is 2.25. The number of ether oxygens (including phenoxy) is 2. The summed E-state index contributed by atoms with van der Waals surface area (Å²) >= 11 is 0. The molecule has 6 nitrogen and oxygen atoms in total. The molecule has 0 spiro atoms. The summed E-state index contributed by atoms with van der Waals surface area (Å²) in [5, 5.41) is 4.23. The lowest BCUT2D eigenvalue weighted by atomic mass is 10.2. The summed E-state index contributed by atoms with van der Waals surface area (Å²) in [5.74, 6) is -0.848. The largest absolute Gasteiger partial charge is 0.465 e. The van der Waals surface area contributed by atoms with E-state index in [1.54, 1.807) is 24.5 Å². The van der Waals surface area contributed by atoms with E-state index >= 15 is 0 Å². The van der Waals surface area contributed by atoms with Crippen LogP contribution in [0.25, 0.3) is 10.9 Å². The molecule has 0 unspecified atom stereocenters. The average Bonchev–Trinajstić information content (AvgIpc) is 3.05. The van der Waals surface area contributed by atoms with E-state index in [0.29, 0.717) is 18.8 Å². The number of esters is 2. The van der Waals surface area contributed by atoms with Crippen LogP contribution >= 0.6 is 0 Å². The van der Waals surface area contributed by atoms with Gasteiger partial charge < -0.3 is 19.4 Å². The van der Waals surface area contributed by atoms with E-state index in [1.165, 1.54) is 5.56 Å². The Bertz CT molecular complexity index is 963. The molecule has 2 aromatic carbocycles. The van der Waals surface area contributed by atoms with Crippen molar-refractivity contribution in [1.82, 2.24) is 4.57 Å². The molecule has 0 aliphatic heterocycles. The van der Waals surface area contributed by atoms with Crippen LogP contribution in [0.4, 0.5) is 5.69 Å². The Hall–Kier alpha value is -3.28. The van der Waals surface area contributed by atoms with Gasteiger partial charge >= 0.3 is 11.9 Å². The summed E-state index contributed by atoms with van der Waals surface area (Å²) < 4.78 is 11.8. The van der Waals surface area contributed by atoms with Crippen LogP contribution in [0, 0.1) is 0 Å². The normalized spacial score (nSPS) is 10.6. The molecule has 3 aromatic rings. The molecule has 0 fully saturated rings. The fraction of sp³-hybridized carbons (Fsp3) is 0.273. The number of aromatic nitrogens is 1. The highest BCUT2D eigenvalue weighted by molar-refractivity contribution is 5.97. The fourth-order valence-electron chi connectivity index (χ4n) is 3.06. The van der Waals surface area contributed by atoms with Gasteiger partial charge in [0, 0.05) is 23.1 Å². The van der Waals surface area contributed by atoms with Gasteiger partial charge in [-0.15, -0.1) is 0 Å². The summed E-state index contributed by atoms with van der Waals surface area (Å²) in [7, 11) is 0. The Morgan fingerprint density at radius 3 is 2.43 bits per heavy atom. The number of benzene rings is 2. The number of nitrogens with zero attached hydrogens (tertiary/aromatic N) is 1. The third-order valence-corrected chi connectivity index (χ3v) is 4.32. The molecule has 1 aromatic heterocycles. The first-order chi connectivity index (χ1) is 13.6. The van der Waals surface area contributed by atoms with Crippen molar-refractivity contribution in [3.05, 3.63) is 65.9 Å². The van der Waals surface area contributed by atoms with Gasteiger partial charge in [0.15, 0.2) is 0 Å². The topological polar surface area (TPSA) is 69.6 Å². The molecular weight excluding hydrogens is 356 g/mol. The molecule has 0 saturated carbocycles. The van der Waals surface area contributed by atoms with Crippen LogP contribution in [0.5, 0.6) is 0 Å². The Balaban J connectivity index is 1.89. The molecule has 0 bridgehead atoms. The molecule has 1 N–H and O–H groups in total. The molecule has 0 radical (unpaired) electrons. The Morgan fingerprint density at radius 1 is 0.964 bits per heavy atom. The summed E-state index contributed by atoms with van der Waals surface area (Å²) in [5.41, 5.74) is 3.22. The van der Waals surface area contributed by atoms with Crippen LogP contribution in [0.2, 0.25) is 0 Å². The highest BCUT2D eigenvalue weighted by atomic mass is 16.5. The lowest BCUT2D eigenvalue weighted by Gasteiger charge is -2.10. The number of anilines is 1. The van der Waals surface area contributed by atoms with E-state index in [1.807, 2.05) is 36.4 Å². The van der Waals surface area contributed by atoms with Gasteiger partial charge in [0.2, 0.25) is 0 Å². The van der Waals surface area contributed by atoms with E-state index in [2.05, 4.69) is 17.4 Å². The van der Waals surface area contributed by atoms with E-state index in [-0.39, 0.29) is 13.2 Å². The van der Waals surface area contributed by atoms with E-state index in [9.17, 15) is 9.59 Å². The van der Waals surface area contributed by atoms with Crippen LogP contribution in [-0.4, -0.2) is 29.7 Å². The van der Waals surface area contributed by atoms with Gasteiger partial charge in [-0.1, -0.05) is 30.3 Å². The number of fused-ring (bicyclic) bond motifs is 1. The highest BCUT2D eigenvalue weighted by Gasteiger charge is 2.19. The molecular formula is C22H24N2O4. The van der Waals surface area contributed by atoms with Gasteiger partial charge in [0.25, 0.3) is 0 Å². The second-order valence-corrected chi connectivity index (χ2v) is 6.25. The monoisotopic (exact) mass is 380 g/mol. The standard InChI is InChI=1S/C22H24N2O4/c1-3-27-21(25)15-24-19-11-10-18(23-14-16-8-6-5-7-9-16)12-17(19)13-20(24)22(26)28-4-2/h5-13,23H,3-4,14-15H2,1-2H3. The fourth-order valence-corrected chi connectivity index (χ4v) is 3.06. The first kappa shape index (κ1) is 19.5. The lowest BCUT2D eigenvalue weighted by Crippen LogP contribution is -2.18. The molecule has 1 heterocycles. The smallest absolute Gasteiger partial charge is 0.354 e. The number of hydrogen-bond donors (Lipinski definition) is 1. The Labute approximate surface area is 164 Å². The van der Waals surface area contributed by atoms with Gasteiger partial charge in [-0.3, -0.25) is 4.79 Å². The van der Waals surface area contributed by atoms with Crippen molar-refractivity contribution in [2.75, 3.05) is 18.5 Å². The van der Waals surface area contributed by atoms with Crippen molar-refractivity contribution in [1.29, 1.82) is 0 Å². The summed E-state index contributed by atoms with van der Waals surface area (Å²) in [6.45, 7) is 4.72. The van der Waals surface area contributed by atoms with Gasteiger partial charge in [-0.2, -0.15) is 0 Å². The van der Waals surface area contributed by atoms with Gasteiger partial charge in [0.1, 0.15) is 12.2 Å². The first-order valence-corrected chi connectivity index (χ1v) is 9.36. The number of nitrogens with one attached hydrogen (secondary N) is 1. The Morgan fingerprint density at radius 2 is 1.71 bits per heavy atom. The van der Waals surface area contributed by atoms with Gasteiger partial charge in [0.05, 0.1) is 13.2 Å². The summed E-state index contributed by atoms with van der Waals surface area (Å²) in [4.78, 5) is 24.4. The maximum absolute atomic E-state index is 12.4. The second-order valence-electron chi connectivity index (χ2n) is 6.25. The predicted molar refractivity (Wildman–Crippen MR) is 108 cm³/mol. The SMILES string of the molecule is CCOC(=O)Cn1c(C(=O)OCC)cc2cc(NCc3ccccc3)ccc21. The van der Waals surface area contributed by atoms with Gasteiger partial charge in [-0.05, 0) is 43.7 Å². The third kappa shape index (κ3) is 4.52. The van der Waals surface area contributed by atoms with E-state index in [4.69, 9.17) is 9.47 Å². The summed E-state index contributed by atoms with van der Waals surface area (Å²) in [6.07, 6.45) is 0. The van der Waals surface area contributed by atoms with Crippen LogP contribution < -0.4 is 5.32 Å². The van der Waals surface area contributed by atoms with Crippen molar-refractivity contribution < 1.29 is 19.1 Å². The molecule has 0 saturated heterocycles. The van der Waals surface area contributed by atoms with Gasteiger partial charge in [-0.25, -0.2) is 4.79 Å². The van der Waals surface area contributed by atoms with Crippen LogP contribution in [0.3, 0.4) is 0 Å². The minimum atomic E-state index is -0.457. The first-order valence-electron chi connectivity index (χ1n) is 9.36. The number of carbonyl (C=O) groups is 2. The van der Waals surface area contributed by atoms with Crippen molar-refractivity contribution in [2.24, 2.45) is 0 Å². The van der Waals surface area contributed by atoms with Crippen molar-refractivity contribution in [2.45, 2.75) is 26.9 Å². The van der Waals surface area contributed by atoms with Crippen molar-refractivity contribution in [3.8, 4) is 0 Å². The second kappa shape index (κ2) is 9.08. The predicted octanol–water partition coefficient (Wildman–Crippen LogP) is 3.99. The lowest BCUT2D eigenvalue weighted by molar-refractivity contribution is -0.143. The zero-order valence-electron chi connectivity index (χ0n) is 16.1. The number of carbonyl (C=O) groups excluding carboxylic acids is 2. The van der Waals surface area contributed by atoms with Crippen molar-refractivity contribution in [3.63, 3.8) is 0 Å². The molecule has 3 rings (SSSR count). The van der Waals surface area contributed by atoms with Crippen molar-refractivity contribution >= 4 is 28.5 Å². The molecule has 146 valence electrons. The maximum Gasteiger partial charge on any atom is 0.354 e. The number of rotatable bonds is 8. The maximum atomic E-state index is 12.4. The zero-order chi connectivity index (χ0) is 19.9. The summed E-state index contributed by atoms with van der Waals surface area (Å²) in [6, 6.07) is 17.6. The third-order valence-electron chi connectivity index (χ3n) is 4.32. The molecule has 0 aliphatic rings. The van der Waals surface area contributed by atoms with E-state index < -0.39 is 11.9 Å².